The first-order valence-electron chi connectivity index (χ1n) is 13.3. The first-order chi connectivity index (χ1) is 19.0. The number of ether oxygens (including phenoxy) is 1. The normalized spacial score (nSPS) is 16.4. The fourth-order valence-corrected chi connectivity index (χ4v) is 5.76. The average Bonchev–Trinajstić information content (AvgIpc) is 3.71. The van der Waals surface area contributed by atoms with Gasteiger partial charge in [-0.25, -0.2) is 4.98 Å². The van der Waals surface area contributed by atoms with Crippen LogP contribution < -0.4 is 10.1 Å². The van der Waals surface area contributed by atoms with E-state index in [1.54, 1.807) is 11.6 Å². The Bertz CT molecular complexity index is 1500. The summed E-state index contributed by atoms with van der Waals surface area (Å²) in [5.74, 6) is 0.912. The minimum atomic E-state index is -0.238. The largest absolute Gasteiger partial charge is 0.486 e. The first kappa shape index (κ1) is 25.2. The number of hydrogen-bond donors (Lipinski definition) is 1. The third kappa shape index (κ3) is 5.71. The minimum absolute atomic E-state index is 0.125. The average molecular weight is 539 g/mol. The lowest BCUT2D eigenvalue weighted by molar-refractivity contribution is -0.134. The fraction of sp³-hybridized carbons (Fsp3) is 0.290. The van der Waals surface area contributed by atoms with Crippen LogP contribution >= 0.6 is 11.3 Å². The monoisotopic (exact) mass is 538 g/mol. The number of carbonyl (C=O) groups is 2. The van der Waals surface area contributed by atoms with Crippen LogP contribution in [0.15, 0.2) is 72.2 Å². The molecule has 0 bridgehead atoms. The number of aryl methyl sites for hydroxylation is 1. The molecule has 0 saturated heterocycles. The molecular formula is C31H30N4O3S. The van der Waals surface area contributed by atoms with Gasteiger partial charge in [-0.3, -0.25) is 14.6 Å². The molecule has 1 N–H and O–H groups in total. The Morgan fingerprint density at radius 2 is 2.00 bits per heavy atom. The molecule has 2 amide bonds. The number of benzene rings is 2. The number of pyridine rings is 1. The summed E-state index contributed by atoms with van der Waals surface area (Å²) in [4.78, 5) is 36.6. The molecule has 1 unspecified atom stereocenters. The van der Waals surface area contributed by atoms with E-state index in [2.05, 4.69) is 63.5 Å². The number of nitrogens with one attached hydrogen (secondary N) is 1. The lowest BCUT2D eigenvalue weighted by atomic mass is 9.87. The third-order valence-corrected chi connectivity index (χ3v) is 8.04. The zero-order valence-electron chi connectivity index (χ0n) is 21.8. The van der Waals surface area contributed by atoms with Crippen molar-refractivity contribution in [3.8, 4) is 5.75 Å². The predicted octanol–water partition coefficient (Wildman–Crippen LogP) is 5.24. The minimum Gasteiger partial charge on any atom is -0.486 e. The van der Waals surface area contributed by atoms with Crippen molar-refractivity contribution in [2.45, 2.75) is 45.4 Å². The van der Waals surface area contributed by atoms with E-state index in [9.17, 15) is 9.59 Å². The molecular weight excluding hydrogens is 508 g/mol. The summed E-state index contributed by atoms with van der Waals surface area (Å²) in [6.07, 6.45) is 4.51. The van der Waals surface area contributed by atoms with Gasteiger partial charge in [-0.05, 0) is 67.1 Å². The van der Waals surface area contributed by atoms with Crippen LogP contribution in [0.25, 0.3) is 0 Å². The fourth-order valence-electron chi connectivity index (χ4n) is 5.08. The van der Waals surface area contributed by atoms with Gasteiger partial charge in [-0.1, -0.05) is 42.0 Å². The quantitative estimate of drug-likeness (QED) is 0.332. The smallest absolute Gasteiger partial charge is 0.271 e. The van der Waals surface area contributed by atoms with Crippen LogP contribution in [0.1, 0.15) is 62.3 Å². The topological polar surface area (TPSA) is 84.4 Å². The van der Waals surface area contributed by atoms with Gasteiger partial charge < -0.3 is 15.0 Å². The second kappa shape index (κ2) is 11.0. The molecule has 0 spiro atoms. The Kier molecular flexibility index (Phi) is 7.11. The van der Waals surface area contributed by atoms with Gasteiger partial charge in [0.05, 0.1) is 18.3 Å². The molecule has 39 heavy (non-hydrogen) atoms. The maximum absolute atomic E-state index is 13.3. The summed E-state index contributed by atoms with van der Waals surface area (Å²) in [6.45, 7) is 3.42. The van der Waals surface area contributed by atoms with Crippen molar-refractivity contribution in [1.82, 2.24) is 20.2 Å². The second-order valence-electron chi connectivity index (χ2n) is 10.2. The van der Waals surface area contributed by atoms with Gasteiger partial charge >= 0.3 is 0 Å². The van der Waals surface area contributed by atoms with Gasteiger partial charge in [-0.2, -0.15) is 0 Å². The molecule has 1 saturated carbocycles. The van der Waals surface area contributed by atoms with Gasteiger partial charge in [0.1, 0.15) is 23.1 Å². The van der Waals surface area contributed by atoms with Crippen molar-refractivity contribution >= 4 is 23.2 Å². The molecule has 2 aromatic carbocycles. The number of thiazole rings is 1. The summed E-state index contributed by atoms with van der Waals surface area (Å²) in [5.41, 5.74) is 5.83. The lowest BCUT2D eigenvalue weighted by Gasteiger charge is -2.38. The standard InChI is InChI=1S/C31H30N4O3S/c1-20-5-4-6-23(15-20)29-26-16-25(11-10-21(26)12-14-35(29)31(37)22-8-9-22)38-18-28-34-27(19-39-28)30(36)33-17-24-7-2-3-13-32-24/h2-7,10-11,13,15-16,19,22,29H,8-9,12,14,17-18H2,1H3,(H,33,36). The van der Waals surface area contributed by atoms with E-state index in [0.717, 1.165) is 53.4 Å². The number of fused-ring (bicyclic) bond motifs is 1. The van der Waals surface area contributed by atoms with E-state index in [0.29, 0.717) is 12.2 Å². The molecule has 1 aliphatic carbocycles. The number of amides is 2. The number of hydrogen-bond acceptors (Lipinski definition) is 6. The van der Waals surface area contributed by atoms with Crippen molar-refractivity contribution in [3.05, 3.63) is 111 Å². The van der Waals surface area contributed by atoms with Crippen LogP contribution in [0, 0.1) is 12.8 Å². The van der Waals surface area contributed by atoms with Crippen LogP contribution in [0.2, 0.25) is 0 Å². The maximum Gasteiger partial charge on any atom is 0.271 e. The molecule has 2 aromatic heterocycles. The van der Waals surface area contributed by atoms with E-state index in [4.69, 9.17) is 4.74 Å². The molecule has 1 fully saturated rings. The lowest BCUT2D eigenvalue weighted by Crippen LogP contribution is -2.41. The summed E-state index contributed by atoms with van der Waals surface area (Å²) in [5, 5.41) is 5.32. The van der Waals surface area contributed by atoms with Crippen molar-refractivity contribution in [3.63, 3.8) is 0 Å². The highest BCUT2D eigenvalue weighted by Crippen LogP contribution is 2.41. The molecule has 3 heterocycles. The van der Waals surface area contributed by atoms with Gasteiger partial charge in [-0.15, -0.1) is 11.3 Å². The van der Waals surface area contributed by atoms with Crippen LogP contribution in [0.4, 0.5) is 0 Å². The van der Waals surface area contributed by atoms with Crippen LogP contribution in [0.5, 0.6) is 5.75 Å². The molecule has 7 nitrogen and oxygen atoms in total. The molecule has 8 heteroatoms. The van der Waals surface area contributed by atoms with Crippen molar-refractivity contribution in [1.29, 1.82) is 0 Å². The third-order valence-electron chi connectivity index (χ3n) is 7.22. The molecule has 6 rings (SSSR count). The highest BCUT2D eigenvalue weighted by Gasteiger charge is 2.39. The highest BCUT2D eigenvalue weighted by molar-refractivity contribution is 7.09. The first-order valence-corrected chi connectivity index (χ1v) is 14.2. The Morgan fingerprint density at radius 3 is 2.79 bits per heavy atom. The van der Waals surface area contributed by atoms with E-state index in [-0.39, 0.29) is 30.4 Å². The highest BCUT2D eigenvalue weighted by atomic mass is 32.1. The van der Waals surface area contributed by atoms with Crippen molar-refractivity contribution in [2.24, 2.45) is 5.92 Å². The maximum atomic E-state index is 13.3. The second-order valence-corrected chi connectivity index (χ2v) is 11.1. The molecule has 2 aliphatic rings. The van der Waals surface area contributed by atoms with Crippen molar-refractivity contribution in [2.75, 3.05) is 6.54 Å². The summed E-state index contributed by atoms with van der Waals surface area (Å²) in [6, 6.07) is 20.1. The summed E-state index contributed by atoms with van der Waals surface area (Å²) >= 11 is 1.40. The van der Waals surface area contributed by atoms with E-state index in [1.165, 1.54) is 22.5 Å². The van der Waals surface area contributed by atoms with E-state index in [1.807, 2.05) is 24.3 Å². The Balaban J connectivity index is 1.17. The number of carbonyl (C=O) groups excluding carboxylic acids is 2. The SMILES string of the molecule is Cc1cccc(C2c3cc(OCc4nc(C(=O)NCc5ccccn5)cs4)ccc3CCN2C(=O)C2CC2)c1. The number of rotatable bonds is 8. The molecule has 1 aliphatic heterocycles. The summed E-state index contributed by atoms with van der Waals surface area (Å²) in [7, 11) is 0. The Hall–Kier alpha value is -4.04. The summed E-state index contributed by atoms with van der Waals surface area (Å²) < 4.78 is 6.15. The van der Waals surface area contributed by atoms with Crippen molar-refractivity contribution < 1.29 is 14.3 Å². The van der Waals surface area contributed by atoms with E-state index >= 15 is 0 Å². The number of nitrogens with zero attached hydrogens (tertiary/aromatic N) is 3. The van der Waals surface area contributed by atoms with Gasteiger partial charge in [0.15, 0.2) is 0 Å². The van der Waals surface area contributed by atoms with Gasteiger partial charge in [0.25, 0.3) is 5.91 Å². The van der Waals surface area contributed by atoms with Crippen LogP contribution in [-0.2, 0) is 24.4 Å². The van der Waals surface area contributed by atoms with Gasteiger partial charge in [0, 0.05) is 24.0 Å². The molecule has 4 aromatic rings. The van der Waals surface area contributed by atoms with Gasteiger partial charge in [0.2, 0.25) is 5.91 Å². The molecule has 198 valence electrons. The molecule has 0 radical (unpaired) electrons. The predicted molar refractivity (Wildman–Crippen MR) is 149 cm³/mol. The zero-order chi connectivity index (χ0) is 26.8. The van der Waals surface area contributed by atoms with Crippen LogP contribution in [0.3, 0.4) is 0 Å². The Morgan fingerprint density at radius 1 is 1.10 bits per heavy atom. The van der Waals surface area contributed by atoms with E-state index < -0.39 is 0 Å². The zero-order valence-corrected chi connectivity index (χ0v) is 22.6. The molecule has 1 atom stereocenters. The van der Waals surface area contributed by atoms with Crippen LogP contribution in [-0.4, -0.2) is 33.2 Å². The Labute approximate surface area is 231 Å². The number of aromatic nitrogens is 2.